The minimum atomic E-state index is -4.10. The molecule has 1 heterocycles. The standard InChI is InChI=1S/C12H8BrFN4O2S/c13-7-4-11(12(16)17-6-7)21(19,20)18-10-3-1-2-9(14)8(10)5-15/h1-4,6,18H,(H2,16,17). The molecule has 0 bridgehead atoms. The summed E-state index contributed by atoms with van der Waals surface area (Å²) in [5, 5.41) is 8.90. The average Bonchev–Trinajstić information content (AvgIpc) is 2.41. The van der Waals surface area contributed by atoms with Gasteiger partial charge in [-0.15, -0.1) is 0 Å². The molecule has 1 aromatic heterocycles. The summed E-state index contributed by atoms with van der Waals surface area (Å²) in [7, 11) is -4.10. The molecular weight excluding hydrogens is 363 g/mol. The van der Waals surface area contributed by atoms with Gasteiger partial charge in [-0.25, -0.2) is 17.8 Å². The molecule has 0 fully saturated rings. The number of nitrogens with zero attached hydrogens (tertiary/aromatic N) is 2. The van der Waals surface area contributed by atoms with Crippen LogP contribution < -0.4 is 10.5 Å². The molecule has 0 aliphatic heterocycles. The molecule has 6 nitrogen and oxygen atoms in total. The summed E-state index contributed by atoms with van der Waals surface area (Å²) in [6.45, 7) is 0. The third-order valence-corrected chi connectivity index (χ3v) is 4.34. The third-order valence-electron chi connectivity index (χ3n) is 2.51. The van der Waals surface area contributed by atoms with Crippen molar-refractivity contribution >= 4 is 37.5 Å². The van der Waals surface area contributed by atoms with Crippen molar-refractivity contribution in [2.75, 3.05) is 10.5 Å². The molecular formula is C12H8BrFN4O2S. The Labute approximate surface area is 128 Å². The fourth-order valence-corrected chi connectivity index (χ4v) is 3.23. The predicted octanol–water partition coefficient (Wildman–Crippen LogP) is 2.24. The first-order chi connectivity index (χ1) is 9.85. The Morgan fingerprint density at radius 3 is 2.81 bits per heavy atom. The highest BCUT2D eigenvalue weighted by molar-refractivity contribution is 9.10. The number of anilines is 2. The highest BCUT2D eigenvalue weighted by Gasteiger charge is 2.21. The van der Waals surface area contributed by atoms with Crippen molar-refractivity contribution in [1.82, 2.24) is 4.98 Å². The SMILES string of the molecule is N#Cc1c(F)cccc1NS(=O)(=O)c1cc(Br)cnc1N. The van der Waals surface area contributed by atoms with E-state index in [4.69, 9.17) is 11.0 Å². The Bertz CT molecular complexity index is 849. The van der Waals surface area contributed by atoms with Crippen molar-refractivity contribution in [3.8, 4) is 6.07 Å². The van der Waals surface area contributed by atoms with E-state index >= 15 is 0 Å². The molecule has 108 valence electrons. The van der Waals surface area contributed by atoms with Crippen LogP contribution in [0, 0.1) is 17.1 Å². The van der Waals surface area contributed by atoms with E-state index in [0.717, 1.165) is 6.07 Å². The van der Waals surface area contributed by atoms with Gasteiger partial charge >= 0.3 is 0 Å². The number of aromatic nitrogens is 1. The molecule has 0 aliphatic rings. The van der Waals surface area contributed by atoms with Crippen LogP contribution in [0.1, 0.15) is 5.56 Å². The van der Waals surface area contributed by atoms with Crippen LogP contribution in [0.2, 0.25) is 0 Å². The number of nitrogens with one attached hydrogen (secondary N) is 1. The van der Waals surface area contributed by atoms with E-state index in [-0.39, 0.29) is 16.4 Å². The van der Waals surface area contributed by atoms with Crippen LogP contribution in [0.5, 0.6) is 0 Å². The van der Waals surface area contributed by atoms with E-state index < -0.39 is 21.4 Å². The van der Waals surface area contributed by atoms with E-state index in [0.29, 0.717) is 4.47 Å². The molecule has 3 N–H and O–H groups in total. The van der Waals surface area contributed by atoms with Crippen molar-refractivity contribution in [3.05, 3.63) is 46.3 Å². The van der Waals surface area contributed by atoms with Crippen molar-refractivity contribution < 1.29 is 12.8 Å². The fraction of sp³-hybridized carbons (Fsp3) is 0. The van der Waals surface area contributed by atoms with Crippen LogP contribution >= 0.6 is 15.9 Å². The van der Waals surface area contributed by atoms with Crippen LogP contribution in [-0.4, -0.2) is 13.4 Å². The van der Waals surface area contributed by atoms with Crippen LogP contribution in [0.3, 0.4) is 0 Å². The van der Waals surface area contributed by atoms with Crippen LogP contribution in [0.15, 0.2) is 39.8 Å². The molecule has 2 aromatic rings. The lowest BCUT2D eigenvalue weighted by Gasteiger charge is -2.11. The monoisotopic (exact) mass is 370 g/mol. The molecule has 0 radical (unpaired) electrons. The van der Waals surface area contributed by atoms with Crippen molar-refractivity contribution in [3.63, 3.8) is 0 Å². The molecule has 1 aromatic carbocycles. The van der Waals surface area contributed by atoms with Gasteiger partial charge in [0.25, 0.3) is 10.0 Å². The molecule has 9 heteroatoms. The minimum Gasteiger partial charge on any atom is -0.383 e. The van der Waals surface area contributed by atoms with E-state index in [1.807, 2.05) is 0 Å². The summed E-state index contributed by atoms with van der Waals surface area (Å²) in [4.78, 5) is 3.45. The summed E-state index contributed by atoms with van der Waals surface area (Å²) in [5.74, 6) is -1.03. The number of benzene rings is 1. The van der Waals surface area contributed by atoms with E-state index in [9.17, 15) is 12.8 Å². The summed E-state index contributed by atoms with van der Waals surface area (Å²) >= 11 is 3.09. The zero-order valence-electron chi connectivity index (χ0n) is 10.3. The first-order valence-corrected chi connectivity index (χ1v) is 7.75. The van der Waals surface area contributed by atoms with E-state index in [1.165, 1.54) is 24.4 Å². The highest BCUT2D eigenvalue weighted by atomic mass is 79.9. The Hall–Kier alpha value is -2.18. The summed E-state index contributed by atoms with van der Waals surface area (Å²) in [5.41, 5.74) is 4.97. The molecule has 2 rings (SSSR count). The van der Waals surface area contributed by atoms with Gasteiger partial charge in [-0.05, 0) is 34.1 Å². The largest absolute Gasteiger partial charge is 0.383 e. The average molecular weight is 371 g/mol. The Balaban J connectivity index is 2.51. The first kappa shape index (κ1) is 15.2. The van der Waals surface area contributed by atoms with Gasteiger partial charge in [0.1, 0.15) is 28.2 Å². The molecule has 21 heavy (non-hydrogen) atoms. The van der Waals surface area contributed by atoms with Gasteiger partial charge in [0, 0.05) is 10.7 Å². The number of nitriles is 1. The highest BCUT2D eigenvalue weighted by Crippen LogP contribution is 2.25. The number of nitrogens with two attached hydrogens (primary N) is 1. The maximum absolute atomic E-state index is 13.5. The van der Waals surface area contributed by atoms with E-state index in [2.05, 4.69) is 25.6 Å². The zero-order valence-corrected chi connectivity index (χ0v) is 12.7. The minimum absolute atomic E-state index is 0.170. The molecule has 0 amide bonds. The zero-order chi connectivity index (χ0) is 15.6. The lowest BCUT2D eigenvalue weighted by atomic mass is 10.2. The fourth-order valence-electron chi connectivity index (χ4n) is 1.57. The number of nitrogen functional groups attached to an aromatic ring is 1. The second kappa shape index (κ2) is 5.67. The normalized spacial score (nSPS) is 10.9. The van der Waals surface area contributed by atoms with E-state index in [1.54, 1.807) is 6.07 Å². The molecule has 0 spiro atoms. The number of halogens is 2. The van der Waals surface area contributed by atoms with Crippen molar-refractivity contribution in [2.45, 2.75) is 4.90 Å². The number of rotatable bonds is 3. The third kappa shape index (κ3) is 3.12. The van der Waals surface area contributed by atoms with Gasteiger partial charge in [-0.2, -0.15) is 5.26 Å². The summed E-state index contributed by atoms with van der Waals surface area (Å²) < 4.78 is 40.6. The second-order valence-corrected chi connectivity index (χ2v) is 6.48. The maximum Gasteiger partial charge on any atom is 0.265 e. The topological polar surface area (TPSA) is 109 Å². The van der Waals surface area contributed by atoms with Gasteiger partial charge in [0.05, 0.1) is 5.69 Å². The Morgan fingerprint density at radius 2 is 2.14 bits per heavy atom. The van der Waals surface area contributed by atoms with Gasteiger partial charge in [0.15, 0.2) is 0 Å². The van der Waals surface area contributed by atoms with Crippen molar-refractivity contribution in [2.24, 2.45) is 0 Å². The lowest BCUT2D eigenvalue weighted by molar-refractivity contribution is 0.601. The molecule has 0 atom stereocenters. The van der Waals surface area contributed by atoms with Crippen LogP contribution in [0.25, 0.3) is 0 Å². The smallest absolute Gasteiger partial charge is 0.265 e. The van der Waals surface area contributed by atoms with Crippen LogP contribution in [0.4, 0.5) is 15.9 Å². The van der Waals surface area contributed by atoms with Gasteiger partial charge in [-0.1, -0.05) is 6.07 Å². The molecule has 0 saturated carbocycles. The predicted molar refractivity (Wildman–Crippen MR) is 78.3 cm³/mol. The van der Waals surface area contributed by atoms with Crippen molar-refractivity contribution in [1.29, 1.82) is 5.26 Å². The van der Waals surface area contributed by atoms with Gasteiger partial charge in [-0.3, -0.25) is 4.72 Å². The second-order valence-electron chi connectivity index (χ2n) is 3.92. The first-order valence-electron chi connectivity index (χ1n) is 5.47. The maximum atomic E-state index is 13.5. The van der Waals surface area contributed by atoms with Crippen LogP contribution in [-0.2, 0) is 10.0 Å². The molecule has 0 aliphatic carbocycles. The number of sulfonamides is 1. The number of pyridine rings is 1. The lowest BCUT2D eigenvalue weighted by Crippen LogP contribution is -2.16. The number of hydrogen-bond acceptors (Lipinski definition) is 5. The Morgan fingerprint density at radius 1 is 1.43 bits per heavy atom. The van der Waals surface area contributed by atoms with Gasteiger partial charge < -0.3 is 5.73 Å². The summed E-state index contributed by atoms with van der Waals surface area (Å²) in [6.07, 6.45) is 1.34. The van der Waals surface area contributed by atoms with Gasteiger partial charge in [0.2, 0.25) is 0 Å². The quantitative estimate of drug-likeness (QED) is 0.860. The molecule has 0 saturated heterocycles. The Kier molecular flexibility index (Phi) is 4.11. The number of hydrogen-bond donors (Lipinski definition) is 2. The molecule has 0 unspecified atom stereocenters. The summed E-state index contributed by atoms with van der Waals surface area (Å²) in [6, 6.07) is 6.49.